The molecule has 0 saturated heterocycles. The molecule has 0 amide bonds. The fourth-order valence-electron chi connectivity index (χ4n) is 1.99. The van der Waals surface area contributed by atoms with Gasteiger partial charge in [-0.2, -0.15) is 0 Å². The Balaban J connectivity index is 2.76. The average Bonchev–Trinajstić information content (AvgIpc) is 2.56. The minimum absolute atomic E-state index is 0.179. The van der Waals surface area contributed by atoms with Gasteiger partial charge in [0.25, 0.3) is 0 Å². The summed E-state index contributed by atoms with van der Waals surface area (Å²) < 4.78 is 1.83. The van der Waals surface area contributed by atoms with Gasteiger partial charge in [0.2, 0.25) is 0 Å². The number of rotatable bonds is 2. The predicted octanol–water partition coefficient (Wildman–Crippen LogP) is 2.25. The van der Waals surface area contributed by atoms with Crippen molar-refractivity contribution in [1.82, 2.24) is 4.57 Å². The Labute approximate surface area is 99.1 Å². The normalized spacial score (nSPS) is 11.9. The molecule has 0 fully saturated rings. The number of fused-ring (bicyclic) bond motifs is 1. The first-order valence-electron chi connectivity index (χ1n) is 5.36. The molecule has 2 aromatic rings. The molecule has 0 saturated carbocycles. The smallest absolute Gasteiger partial charge is 0.313 e. The Morgan fingerprint density at radius 1 is 1.35 bits per heavy atom. The van der Waals surface area contributed by atoms with Crippen molar-refractivity contribution >= 4 is 16.9 Å². The monoisotopic (exact) mass is 233 g/mol. The van der Waals surface area contributed by atoms with Gasteiger partial charge in [-0.3, -0.25) is 4.79 Å². The molecule has 1 aromatic carbocycles. The fourth-order valence-corrected chi connectivity index (χ4v) is 1.99. The Hall–Kier alpha value is -1.97. The zero-order valence-corrected chi connectivity index (χ0v) is 10.1. The maximum absolute atomic E-state index is 11.3. The van der Waals surface area contributed by atoms with Crippen LogP contribution in [0.25, 0.3) is 10.9 Å². The summed E-state index contributed by atoms with van der Waals surface area (Å²) in [7, 11) is 1.84. The lowest BCUT2D eigenvalue weighted by atomic mass is 9.84. The van der Waals surface area contributed by atoms with Gasteiger partial charge in [0.15, 0.2) is 0 Å². The largest absolute Gasteiger partial charge is 0.508 e. The second kappa shape index (κ2) is 3.52. The summed E-state index contributed by atoms with van der Waals surface area (Å²) in [6.07, 6.45) is 1.80. The second-order valence-electron chi connectivity index (χ2n) is 4.79. The van der Waals surface area contributed by atoms with Crippen LogP contribution in [0.15, 0.2) is 24.4 Å². The van der Waals surface area contributed by atoms with Gasteiger partial charge in [-0.05, 0) is 31.5 Å². The molecular weight excluding hydrogens is 218 g/mol. The van der Waals surface area contributed by atoms with Crippen LogP contribution in [0.3, 0.4) is 0 Å². The van der Waals surface area contributed by atoms with E-state index in [-0.39, 0.29) is 5.75 Å². The van der Waals surface area contributed by atoms with E-state index in [1.54, 1.807) is 38.2 Å². The summed E-state index contributed by atoms with van der Waals surface area (Å²) in [5.74, 6) is -0.684. The summed E-state index contributed by atoms with van der Waals surface area (Å²) in [6, 6.07) is 4.96. The third kappa shape index (κ3) is 1.65. The van der Waals surface area contributed by atoms with Crippen LogP contribution < -0.4 is 0 Å². The minimum atomic E-state index is -0.948. The Morgan fingerprint density at radius 2 is 2.00 bits per heavy atom. The molecule has 90 valence electrons. The average molecular weight is 233 g/mol. The van der Waals surface area contributed by atoms with Gasteiger partial charge in [-0.15, -0.1) is 0 Å². The lowest BCUT2D eigenvalue weighted by molar-refractivity contribution is -0.142. The number of carboxylic acid groups (broad SMARTS) is 1. The first-order chi connectivity index (χ1) is 7.84. The Morgan fingerprint density at radius 3 is 2.59 bits per heavy atom. The summed E-state index contributed by atoms with van der Waals surface area (Å²) in [4.78, 5) is 11.3. The van der Waals surface area contributed by atoms with Crippen LogP contribution >= 0.6 is 0 Å². The van der Waals surface area contributed by atoms with E-state index in [4.69, 9.17) is 0 Å². The standard InChI is InChI=1S/C13H15NO3/c1-13(2,12(16)17)10-7-14(3)11-6-8(15)4-5-9(10)11/h4-7,15H,1-3H3,(H,16,17). The highest BCUT2D eigenvalue weighted by molar-refractivity contribution is 5.92. The van der Waals surface area contributed by atoms with Crippen LogP contribution in [0.4, 0.5) is 0 Å². The summed E-state index contributed by atoms with van der Waals surface area (Å²) in [6.45, 7) is 3.36. The molecule has 0 aliphatic rings. The van der Waals surface area contributed by atoms with Crippen molar-refractivity contribution in [1.29, 1.82) is 0 Å². The molecule has 4 heteroatoms. The number of benzene rings is 1. The van der Waals surface area contributed by atoms with Gasteiger partial charge >= 0.3 is 5.97 Å². The fraction of sp³-hybridized carbons (Fsp3) is 0.308. The van der Waals surface area contributed by atoms with E-state index < -0.39 is 11.4 Å². The van der Waals surface area contributed by atoms with Gasteiger partial charge in [-0.1, -0.05) is 0 Å². The molecule has 0 unspecified atom stereocenters. The number of carbonyl (C=O) groups is 1. The maximum Gasteiger partial charge on any atom is 0.313 e. The van der Waals surface area contributed by atoms with Crippen molar-refractivity contribution in [3.05, 3.63) is 30.0 Å². The first-order valence-corrected chi connectivity index (χ1v) is 5.36. The zero-order valence-electron chi connectivity index (χ0n) is 10.1. The quantitative estimate of drug-likeness (QED) is 0.836. The summed E-state index contributed by atoms with van der Waals surface area (Å²) in [5, 5.41) is 19.6. The second-order valence-corrected chi connectivity index (χ2v) is 4.79. The molecule has 1 heterocycles. The number of phenolic OH excluding ortho intramolecular Hbond substituents is 1. The van der Waals surface area contributed by atoms with Crippen molar-refractivity contribution in [2.45, 2.75) is 19.3 Å². The van der Waals surface area contributed by atoms with Crippen molar-refractivity contribution in [3.8, 4) is 5.75 Å². The molecule has 0 aliphatic heterocycles. The van der Waals surface area contributed by atoms with E-state index in [0.717, 1.165) is 16.5 Å². The van der Waals surface area contributed by atoms with E-state index in [2.05, 4.69) is 0 Å². The number of hydrogen-bond acceptors (Lipinski definition) is 2. The van der Waals surface area contributed by atoms with E-state index in [1.165, 1.54) is 0 Å². The highest BCUT2D eigenvalue weighted by Crippen LogP contribution is 2.33. The van der Waals surface area contributed by atoms with Gasteiger partial charge in [0.1, 0.15) is 5.75 Å². The molecule has 2 rings (SSSR count). The van der Waals surface area contributed by atoms with Crippen LogP contribution in [0.5, 0.6) is 5.75 Å². The van der Waals surface area contributed by atoms with Crippen LogP contribution in [-0.2, 0) is 17.3 Å². The van der Waals surface area contributed by atoms with Gasteiger partial charge in [0, 0.05) is 24.7 Å². The molecule has 0 spiro atoms. The van der Waals surface area contributed by atoms with Crippen molar-refractivity contribution in [2.24, 2.45) is 7.05 Å². The minimum Gasteiger partial charge on any atom is -0.508 e. The molecule has 0 bridgehead atoms. The zero-order chi connectivity index (χ0) is 12.8. The molecule has 0 aliphatic carbocycles. The lowest BCUT2D eigenvalue weighted by Gasteiger charge is -2.18. The number of hydrogen-bond donors (Lipinski definition) is 2. The van der Waals surface area contributed by atoms with Gasteiger partial charge in [-0.25, -0.2) is 0 Å². The van der Waals surface area contributed by atoms with Crippen LogP contribution in [-0.4, -0.2) is 20.7 Å². The maximum atomic E-state index is 11.3. The number of aryl methyl sites for hydroxylation is 1. The summed E-state index contributed by atoms with van der Waals surface area (Å²) >= 11 is 0. The van der Waals surface area contributed by atoms with Crippen LogP contribution in [0, 0.1) is 0 Å². The van der Waals surface area contributed by atoms with E-state index in [1.807, 2.05) is 11.6 Å². The van der Waals surface area contributed by atoms with Crippen molar-refractivity contribution in [2.75, 3.05) is 0 Å². The number of phenols is 1. The third-order valence-corrected chi connectivity index (χ3v) is 3.18. The number of nitrogens with zero attached hydrogens (tertiary/aromatic N) is 1. The topological polar surface area (TPSA) is 62.5 Å². The highest BCUT2D eigenvalue weighted by atomic mass is 16.4. The van der Waals surface area contributed by atoms with E-state index in [0.29, 0.717) is 0 Å². The molecule has 0 atom stereocenters. The molecule has 2 N–H and O–H groups in total. The molecule has 17 heavy (non-hydrogen) atoms. The van der Waals surface area contributed by atoms with E-state index >= 15 is 0 Å². The predicted molar refractivity (Wildman–Crippen MR) is 65.2 cm³/mol. The lowest BCUT2D eigenvalue weighted by Crippen LogP contribution is -2.28. The Bertz CT molecular complexity index is 596. The molecular formula is C13H15NO3. The number of carboxylic acids is 1. The van der Waals surface area contributed by atoms with Crippen molar-refractivity contribution < 1.29 is 15.0 Å². The van der Waals surface area contributed by atoms with Gasteiger partial charge < -0.3 is 14.8 Å². The third-order valence-electron chi connectivity index (χ3n) is 3.18. The highest BCUT2D eigenvalue weighted by Gasteiger charge is 2.32. The number of aliphatic carboxylic acids is 1. The van der Waals surface area contributed by atoms with Crippen LogP contribution in [0.2, 0.25) is 0 Å². The number of aromatic hydroxyl groups is 1. The summed E-state index contributed by atoms with van der Waals surface area (Å²) in [5.41, 5.74) is 0.632. The first kappa shape index (κ1) is 11.5. The Kier molecular flexibility index (Phi) is 2.38. The number of aromatic nitrogens is 1. The molecule has 4 nitrogen and oxygen atoms in total. The van der Waals surface area contributed by atoms with Crippen LogP contribution in [0.1, 0.15) is 19.4 Å². The SMILES string of the molecule is Cn1cc(C(C)(C)C(=O)O)c2ccc(O)cc21. The van der Waals surface area contributed by atoms with Crippen molar-refractivity contribution in [3.63, 3.8) is 0 Å². The molecule has 1 aromatic heterocycles. The molecule has 0 radical (unpaired) electrons. The van der Waals surface area contributed by atoms with Gasteiger partial charge in [0.05, 0.1) is 10.9 Å². The van der Waals surface area contributed by atoms with E-state index in [9.17, 15) is 15.0 Å².